The molecule has 0 unspecified atom stereocenters. The van der Waals surface area contributed by atoms with E-state index in [1.54, 1.807) is 12.4 Å². The van der Waals surface area contributed by atoms with Crippen LogP contribution in [0, 0.1) is 0 Å². The van der Waals surface area contributed by atoms with Crippen molar-refractivity contribution in [1.82, 2.24) is 14.9 Å². The SMILES string of the molecule is NCCCCN1CCCN(c2cnccn2)CC1. The molecule has 0 radical (unpaired) electrons. The Labute approximate surface area is 109 Å². The zero-order valence-electron chi connectivity index (χ0n) is 11.0. The minimum Gasteiger partial charge on any atom is -0.354 e. The second-order valence-corrected chi connectivity index (χ2v) is 4.74. The summed E-state index contributed by atoms with van der Waals surface area (Å²) >= 11 is 0. The Bertz CT molecular complexity index is 329. The van der Waals surface area contributed by atoms with Crippen molar-refractivity contribution < 1.29 is 0 Å². The van der Waals surface area contributed by atoms with E-state index in [1.807, 2.05) is 6.20 Å². The first-order valence-corrected chi connectivity index (χ1v) is 6.83. The third-order valence-electron chi connectivity index (χ3n) is 3.39. The molecule has 18 heavy (non-hydrogen) atoms. The van der Waals surface area contributed by atoms with Gasteiger partial charge >= 0.3 is 0 Å². The summed E-state index contributed by atoms with van der Waals surface area (Å²) in [5, 5.41) is 0. The summed E-state index contributed by atoms with van der Waals surface area (Å²) in [7, 11) is 0. The lowest BCUT2D eigenvalue weighted by molar-refractivity contribution is 0.288. The van der Waals surface area contributed by atoms with Crippen molar-refractivity contribution in [3.63, 3.8) is 0 Å². The van der Waals surface area contributed by atoms with Crippen LogP contribution >= 0.6 is 0 Å². The molecule has 1 aromatic heterocycles. The maximum atomic E-state index is 5.53. The molecule has 5 heteroatoms. The van der Waals surface area contributed by atoms with Crippen molar-refractivity contribution in [2.45, 2.75) is 19.3 Å². The lowest BCUT2D eigenvalue weighted by Gasteiger charge is -2.22. The topological polar surface area (TPSA) is 58.3 Å². The highest BCUT2D eigenvalue weighted by Gasteiger charge is 2.15. The molecule has 1 saturated heterocycles. The van der Waals surface area contributed by atoms with Crippen LogP contribution in [-0.4, -0.2) is 54.1 Å². The predicted molar refractivity (Wildman–Crippen MR) is 73.6 cm³/mol. The summed E-state index contributed by atoms with van der Waals surface area (Å²) < 4.78 is 0. The van der Waals surface area contributed by atoms with Crippen LogP contribution in [0.1, 0.15) is 19.3 Å². The minimum atomic E-state index is 0.805. The van der Waals surface area contributed by atoms with Gasteiger partial charge in [0, 0.05) is 32.0 Å². The molecule has 1 aliphatic rings. The van der Waals surface area contributed by atoms with Crippen LogP contribution in [0.3, 0.4) is 0 Å². The van der Waals surface area contributed by atoms with E-state index in [0.717, 1.165) is 38.4 Å². The van der Waals surface area contributed by atoms with E-state index in [4.69, 9.17) is 5.73 Å². The highest BCUT2D eigenvalue weighted by atomic mass is 15.2. The highest BCUT2D eigenvalue weighted by molar-refractivity contribution is 5.35. The van der Waals surface area contributed by atoms with Crippen LogP contribution in [-0.2, 0) is 0 Å². The van der Waals surface area contributed by atoms with Crippen molar-refractivity contribution in [2.24, 2.45) is 5.73 Å². The Kier molecular flexibility index (Phi) is 5.36. The van der Waals surface area contributed by atoms with E-state index in [9.17, 15) is 0 Å². The zero-order valence-corrected chi connectivity index (χ0v) is 11.0. The molecule has 0 atom stereocenters. The number of nitrogens with zero attached hydrogens (tertiary/aromatic N) is 4. The molecule has 1 fully saturated rings. The van der Waals surface area contributed by atoms with E-state index >= 15 is 0 Å². The highest BCUT2D eigenvalue weighted by Crippen LogP contribution is 2.12. The molecule has 0 amide bonds. The molecule has 5 nitrogen and oxygen atoms in total. The number of hydrogen-bond donors (Lipinski definition) is 1. The average Bonchev–Trinajstić information content (AvgIpc) is 2.66. The smallest absolute Gasteiger partial charge is 0.147 e. The van der Waals surface area contributed by atoms with Crippen molar-refractivity contribution in [3.05, 3.63) is 18.6 Å². The van der Waals surface area contributed by atoms with Crippen molar-refractivity contribution in [1.29, 1.82) is 0 Å². The molecule has 2 N–H and O–H groups in total. The van der Waals surface area contributed by atoms with Gasteiger partial charge in [-0.2, -0.15) is 0 Å². The van der Waals surface area contributed by atoms with Gasteiger partial charge in [-0.1, -0.05) is 0 Å². The fraction of sp³-hybridized carbons (Fsp3) is 0.692. The van der Waals surface area contributed by atoms with Crippen molar-refractivity contribution >= 4 is 5.82 Å². The van der Waals surface area contributed by atoms with Crippen LogP contribution in [0.25, 0.3) is 0 Å². The molecule has 2 heterocycles. The van der Waals surface area contributed by atoms with Crippen LogP contribution in [0.4, 0.5) is 5.82 Å². The third kappa shape index (κ3) is 3.92. The zero-order chi connectivity index (χ0) is 12.6. The number of nitrogens with two attached hydrogens (primary N) is 1. The molecule has 1 aliphatic heterocycles. The number of hydrogen-bond acceptors (Lipinski definition) is 5. The second kappa shape index (κ2) is 7.28. The number of aromatic nitrogens is 2. The molecule has 0 saturated carbocycles. The van der Waals surface area contributed by atoms with Crippen LogP contribution < -0.4 is 10.6 Å². The van der Waals surface area contributed by atoms with E-state index in [2.05, 4.69) is 19.8 Å². The maximum absolute atomic E-state index is 5.53. The Morgan fingerprint density at radius 3 is 2.83 bits per heavy atom. The summed E-state index contributed by atoms with van der Waals surface area (Å²) in [5.41, 5.74) is 5.53. The molecule has 1 aromatic rings. The van der Waals surface area contributed by atoms with Gasteiger partial charge in [-0.25, -0.2) is 4.98 Å². The fourth-order valence-corrected chi connectivity index (χ4v) is 2.36. The summed E-state index contributed by atoms with van der Waals surface area (Å²) in [6.45, 7) is 6.39. The Balaban J connectivity index is 1.81. The van der Waals surface area contributed by atoms with Crippen LogP contribution in [0.2, 0.25) is 0 Å². The third-order valence-corrected chi connectivity index (χ3v) is 3.39. The largest absolute Gasteiger partial charge is 0.354 e. The average molecular weight is 249 g/mol. The molecule has 2 rings (SSSR count). The van der Waals surface area contributed by atoms with Gasteiger partial charge in [-0.05, 0) is 38.9 Å². The summed E-state index contributed by atoms with van der Waals surface area (Å²) in [6.07, 6.45) is 8.87. The first kappa shape index (κ1) is 13.2. The van der Waals surface area contributed by atoms with Crippen LogP contribution in [0.5, 0.6) is 0 Å². The van der Waals surface area contributed by atoms with Gasteiger partial charge in [-0.15, -0.1) is 0 Å². The standard InChI is InChI=1S/C13H23N5/c14-4-1-2-7-17-8-3-9-18(11-10-17)13-12-15-5-6-16-13/h5-6,12H,1-4,7-11,14H2. The van der Waals surface area contributed by atoms with Crippen molar-refractivity contribution in [3.8, 4) is 0 Å². The Morgan fingerprint density at radius 2 is 2.06 bits per heavy atom. The molecule has 0 bridgehead atoms. The van der Waals surface area contributed by atoms with Crippen molar-refractivity contribution in [2.75, 3.05) is 44.2 Å². The molecular formula is C13H23N5. The normalized spacial score (nSPS) is 17.7. The molecule has 100 valence electrons. The summed E-state index contributed by atoms with van der Waals surface area (Å²) in [4.78, 5) is 13.4. The lowest BCUT2D eigenvalue weighted by atomic mass is 10.3. The van der Waals surface area contributed by atoms with E-state index in [1.165, 1.54) is 25.9 Å². The van der Waals surface area contributed by atoms with Gasteiger partial charge in [-0.3, -0.25) is 4.98 Å². The summed E-state index contributed by atoms with van der Waals surface area (Å²) in [6, 6.07) is 0. The molecule has 0 aromatic carbocycles. The van der Waals surface area contributed by atoms with Gasteiger partial charge in [0.05, 0.1) is 6.20 Å². The number of rotatable bonds is 5. The fourth-order valence-electron chi connectivity index (χ4n) is 2.36. The quantitative estimate of drug-likeness (QED) is 0.780. The number of unbranched alkanes of at least 4 members (excludes halogenated alkanes) is 1. The second-order valence-electron chi connectivity index (χ2n) is 4.74. The van der Waals surface area contributed by atoms with E-state index in [0.29, 0.717) is 0 Å². The molecular weight excluding hydrogens is 226 g/mol. The number of anilines is 1. The maximum Gasteiger partial charge on any atom is 0.147 e. The van der Waals surface area contributed by atoms with Gasteiger partial charge in [0.25, 0.3) is 0 Å². The van der Waals surface area contributed by atoms with Gasteiger partial charge in [0.2, 0.25) is 0 Å². The van der Waals surface area contributed by atoms with E-state index < -0.39 is 0 Å². The first-order chi connectivity index (χ1) is 8.90. The Hall–Kier alpha value is -1.20. The Morgan fingerprint density at radius 1 is 1.11 bits per heavy atom. The lowest BCUT2D eigenvalue weighted by Crippen LogP contribution is -2.31. The van der Waals surface area contributed by atoms with Crippen LogP contribution in [0.15, 0.2) is 18.6 Å². The van der Waals surface area contributed by atoms with Gasteiger partial charge in [0.15, 0.2) is 0 Å². The molecule has 0 aliphatic carbocycles. The minimum absolute atomic E-state index is 0.805. The molecule has 0 spiro atoms. The van der Waals surface area contributed by atoms with E-state index in [-0.39, 0.29) is 0 Å². The van der Waals surface area contributed by atoms with Gasteiger partial charge < -0.3 is 15.5 Å². The first-order valence-electron chi connectivity index (χ1n) is 6.83. The monoisotopic (exact) mass is 249 g/mol. The van der Waals surface area contributed by atoms with Gasteiger partial charge in [0.1, 0.15) is 5.82 Å². The summed E-state index contributed by atoms with van der Waals surface area (Å²) in [5.74, 6) is 1.00. The predicted octanol–water partition coefficient (Wildman–Crippen LogP) is 0.728.